The topological polar surface area (TPSA) is 58.2 Å². The van der Waals surface area contributed by atoms with E-state index in [1.54, 1.807) is 0 Å². The molecule has 3 aromatic rings. The summed E-state index contributed by atoms with van der Waals surface area (Å²) in [5.41, 5.74) is -0.411. The second-order valence-electron chi connectivity index (χ2n) is 6.97. The van der Waals surface area contributed by atoms with Crippen molar-refractivity contribution in [1.29, 1.82) is 0 Å². The lowest BCUT2D eigenvalue weighted by Gasteiger charge is -2.19. The van der Waals surface area contributed by atoms with E-state index in [0.717, 1.165) is 24.3 Å². The number of hydrogen-bond donors (Lipinski definition) is 2. The van der Waals surface area contributed by atoms with Crippen molar-refractivity contribution in [3.63, 3.8) is 0 Å². The van der Waals surface area contributed by atoms with Crippen LogP contribution in [0.15, 0.2) is 53.0 Å². The van der Waals surface area contributed by atoms with E-state index < -0.39 is 47.0 Å². The van der Waals surface area contributed by atoms with Gasteiger partial charge in [-0.3, -0.25) is 9.59 Å². The van der Waals surface area contributed by atoms with E-state index in [9.17, 15) is 27.2 Å². The lowest BCUT2D eigenvalue weighted by Crippen LogP contribution is -2.21. The average molecular weight is 528 g/mol. The number of amides is 2. The van der Waals surface area contributed by atoms with Crippen molar-refractivity contribution in [2.75, 3.05) is 5.32 Å². The third-order valence-corrected chi connectivity index (χ3v) is 5.77. The van der Waals surface area contributed by atoms with Gasteiger partial charge in [-0.15, -0.1) is 0 Å². The summed E-state index contributed by atoms with van der Waals surface area (Å²) in [4.78, 5) is 25.4. The highest BCUT2D eigenvalue weighted by atomic mass is 79.9. The molecule has 0 saturated heterocycles. The summed E-state index contributed by atoms with van der Waals surface area (Å²) in [7, 11) is 0. The van der Waals surface area contributed by atoms with Gasteiger partial charge < -0.3 is 10.6 Å². The number of carbonyl (C=O) groups is 2. The van der Waals surface area contributed by atoms with E-state index >= 15 is 0 Å². The molecular formula is C22H12BrClF4N2O2. The van der Waals surface area contributed by atoms with Gasteiger partial charge in [-0.25, -0.2) is 17.6 Å². The van der Waals surface area contributed by atoms with Gasteiger partial charge >= 0.3 is 0 Å². The van der Waals surface area contributed by atoms with Crippen LogP contribution >= 0.6 is 27.5 Å². The summed E-state index contributed by atoms with van der Waals surface area (Å²) >= 11 is 9.45. The zero-order chi connectivity index (χ0) is 23.2. The van der Waals surface area contributed by atoms with Gasteiger partial charge in [0.2, 0.25) is 0 Å². The summed E-state index contributed by atoms with van der Waals surface area (Å²) in [6.45, 7) is 0. The molecule has 0 radical (unpaired) electrons. The first-order valence-electron chi connectivity index (χ1n) is 9.14. The van der Waals surface area contributed by atoms with E-state index in [0.29, 0.717) is 10.5 Å². The number of carbonyl (C=O) groups excluding carboxylic acids is 2. The molecule has 0 fully saturated rings. The Morgan fingerprint density at radius 2 is 1.75 bits per heavy atom. The number of nitrogens with one attached hydrogen (secondary N) is 2. The predicted octanol–water partition coefficient (Wildman–Crippen LogP) is 6.40. The van der Waals surface area contributed by atoms with Crippen molar-refractivity contribution in [2.45, 2.75) is 12.5 Å². The minimum absolute atomic E-state index is 0.0903. The van der Waals surface area contributed by atoms with Crippen LogP contribution in [0.1, 0.15) is 49.9 Å². The zero-order valence-corrected chi connectivity index (χ0v) is 18.2. The van der Waals surface area contributed by atoms with Crippen LogP contribution < -0.4 is 10.6 Å². The fourth-order valence-corrected chi connectivity index (χ4v) is 4.26. The molecular weight excluding hydrogens is 516 g/mol. The summed E-state index contributed by atoms with van der Waals surface area (Å²) in [5.74, 6) is -2.94. The van der Waals surface area contributed by atoms with Gasteiger partial charge in [0.1, 0.15) is 11.6 Å². The summed E-state index contributed by atoms with van der Waals surface area (Å²) in [6, 6.07) is 8.06. The van der Waals surface area contributed by atoms with Crippen LogP contribution in [0.5, 0.6) is 0 Å². The standard InChI is InChI=1S/C22H12BrClF4N2O2/c23-9-5-15-18(19(30-22(15)32)14-8-11(26)2-4-16(14)24)17(6-9)29-21(31)13-7-10(25)1-3-12(13)20(27)28/h1-8,19-20H,(H,29,31)(H,30,32). The highest BCUT2D eigenvalue weighted by Gasteiger charge is 2.35. The first-order valence-corrected chi connectivity index (χ1v) is 10.3. The lowest BCUT2D eigenvalue weighted by atomic mass is 9.96. The van der Waals surface area contributed by atoms with Crippen molar-refractivity contribution in [3.05, 3.63) is 97.5 Å². The van der Waals surface area contributed by atoms with Gasteiger partial charge in [0, 0.05) is 37.4 Å². The summed E-state index contributed by atoms with van der Waals surface area (Å²) in [5, 5.41) is 5.33. The second-order valence-corrected chi connectivity index (χ2v) is 8.30. The van der Waals surface area contributed by atoms with Crippen molar-refractivity contribution >= 4 is 45.0 Å². The van der Waals surface area contributed by atoms with Crippen LogP contribution in [-0.4, -0.2) is 11.8 Å². The molecule has 3 aromatic carbocycles. The quantitative estimate of drug-likeness (QED) is 0.386. The largest absolute Gasteiger partial charge is 0.341 e. The molecule has 0 spiro atoms. The molecule has 1 heterocycles. The number of fused-ring (bicyclic) bond motifs is 1. The smallest absolute Gasteiger partial charge is 0.264 e. The van der Waals surface area contributed by atoms with E-state index in [1.807, 2.05) is 0 Å². The Bertz CT molecular complexity index is 1270. The number of alkyl halides is 2. The maximum Gasteiger partial charge on any atom is 0.264 e. The molecule has 0 saturated carbocycles. The predicted molar refractivity (Wildman–Crippen MR) is 114 cm³/mol. The average Bonchev–Trinajstić information content (AvgIpc) is 3.05. The maximum absolute atomic E-state index is 13.9. The molecule has 2 N–H and O–H groups in total. The molecule has 1 unspecified atom stereocenters. The number of rotatable bonds is 4. The third kappa shape index (κ3) is 4.10. The zero-order valence-electron chi connectivity index (χ0n) is 15.9. The van der Waals surface area contributed by atoms with Gasteiger partial charge in [0.05, 0.1) is 11.6 Å². The molecule has 4 nitrogen and oxygen atoms in total. The van der Waals surface area contributed by atoms with Gasteiger partial charge in [-0.05, 0) is 48.5 Å². The van der Waals surface area contributed by atoms with Gasteiger partial charge in [-0.1, -0.05) is 27.5 Å². The molecule has 32 heavy (non-hydrogen) atoms. The van der Waals surface area contributed by atoms with E-state index in [2.05, 4.69) is 26.6 Å². The van der Waals surface area contributed by atoms with Crippen LogP contribution in [0, 0.1) is 11.6 Å². The molecule has 2 amide bonds. The van der Waals surface area contributed by atoms with Crippen molar-refractivity contribution in [2.24, 2.45) is 0 Å². The summed E-state index contributed by atoms with van der Waals surface area (Å²) in [6.07, 6.45) is -3.01. The monoisotopic (exact) mass is 526 g/mol. The highest BCUT2D eigenvalue weighted by molar-refractivity contribution is 9.10. The Kier molecular flexibility index (Phi) is 5.96. The lowest BCUT2D eigenvalue weighted by molar-refractivity contribution is 0.0959. The van der Waals surface area contributed by atoms with E-state index in [-0.39, 0.29) is 27.4 Å². The van der Waals surface area contributed by atoms with Crippen LogP contribution in [0.4, 0.5) is 23.2 Å². The molecule has 4 rings (SSSR count). The SMILES string of the molecule is O=C(Nc1cc(Br)cc2c1C(c1cc(F)ccc1Cl)NC2=O)c1cc(F)ccc1C(F)F. The van der Waals surface area contributed by atoms with Crippen molar-refractivity contribution in [1.82, 2.24) is 5.32 Å². The normalized spacial score (nSPS) is 15.0. The molecule has 0 aliphatic carbocycles. The molecule has 1 aliphatic rings. The Balaban J connectivity index is 1.82. The first-order chi connectivity index (χ1) is 15.2. The number of hydrogen-bond acceptors (Lipinski definition) is 2. The molecule has 10 heteroatoms. The van der Waals surface area contributed by atoms with Crippen molar-refractivity contribution < 1.29 is 27.2 Å². The maximum atomic E-state index is 13.9. The van der Waals surface area contributed by atoms with Crippen LogP contribution in [0.2, 0.25) is 5.02 Å². The molecule has 1 aliphatic heterocycles. The third-order valence-electron chi connectivity index (χ3n) is 4.97. The number of halogens is 6. The van der Waals surface area contributed by atoms with Gasteiger partial charge in [-0.2, -0.15) is 0 Å². The van der Waals surface area contributed by atoms with Crippen molar-refractivity contribution in [3.8, 4) is 0 Å². The first kappa shape index (κ1) is 22.3. The van der Waals surface area contributed by atoms with Crippen LogP contribution in [0.3, 0.4) is 0 Å². The fraction of sp³-hybridized carbons (Fsp3) is 0.0909. The van der Waals surface area contributed by atoms with Crippen LogP contribution in [0.25, 0.3) is 0 Å². The van der Waals surface area contributed by atoms with Gasteiger partial charge in [0.25, 0.3) is 18.2 Å². The van der Waals surface area contributed by atoms with Gasteiger partial charge in [0.15, 0.2) is 0 Å². The number of anilines is 1. The Hall–Kier alpha value is -2.91. The molecule has 1 atom stereocenters. The summed E-state index contributed by atoms with van der Waals surface area (Å²) < 4.78 is 54.7. The molecule has 0 aromatic heterocycles. The molecule has 164 valence electrons. The Labute approximate surface area is 192 Å². The molecule has 0 bridgehead atoms. The number of benzene rings is 3. The minimum atomic E-state index is -3.01. The van der Waals surface area contributed by atoms with E-state index in [1.165, 1.54) is 18.2 Å². The minimum Gasteiger partial charge on any atom is -0.341 e. The second kappa shape index (κ2) is 8.55. The van der Waals surface area contributed by atoms with Crippen LogP contribution in [-0.2, 0) is 0 Å². The van der Waals surface area contributed by atoms with E-state index in [4.69, 9.17) is 11.6 Å². The Morgan fingerprint density at radius 1 is 1.06 bits per heavy atom. The highest BCUT2D eigenvalue weighted by Crippen LogP contribution is 2.41. The fourth-order valence-electron chi connectivity index (χ4n) is 3.58. The Morgan fingerprint density at radius 3 is 2.47 bits per heavy atom.